The van der Waals surface area contributed by atoms with Gasteiger partial charge in [0.05, 0.1) is 26.0 Å². The molecule has 1 aromatic carbocycles. The molecule has 1 aromatic heterocycles. The van der Waals surface area contributed by atoms with Crippen molar-refractivity contribution in [1.82, 2.24) is 9.78 Å². The number of halogens is 3. The zero-order chi connectivity index (χ0) is 17.9. The lowest BCUT2D eigenvalue weighted by Gasteiger charge is -2.16. The van der Waals surface area contributed by atoms with E-state index in [0.29, 0.717) is 11.3 Å². The average molecular weight is 341 g/mol. The quantitative estimate of drug-likeness (QED) is 0.839. The van der Waals surface area contributed by atoms with Crippen molar-refractivity contribution >= 4 is 0 Å². The van der Waals surface area contributed by atoms with Gasteiger partial charge in [0.25, 0.3) is 5.56 Å². The first-order chi connectivity index (χ1) is 11.2. The third kappa shape index (κ3) is 4.06. The van der Waals surface area contributed by atoms with Crippen LogP contribution in [0.15, 0.2) is 35.3 Å². The Balaban J connectivity index is 2.42. The highest BCUT2D eigenvalue weighted by atomic mass is 19.4. The van der Waals surface area contributed by atoms with E-state index in [1.807, 2.05) is 0 Å². The van der Waals surface area contributed by atoms with Gasteiger partial charge in [-0.1, -0.05) is 12.1 Å². The summed E-state index contributed by atoms with van der Waals surface area (Å²) in [4.78, 5) is 12.2. The third-order valence-corrected chi connectivity index (χ3v) is 3.11. The van der Waals surface area contributed by atoms with Gasteiger partial charge in [-0.15, -0.1) is 0 Å². The van der Waals surface area contributed by atoms with Crippen LogP contribution in [0.3, 0.4) is 0 Å². The summed E-state index contributed by atoms with van der Waals surface area (Å²) >= 11 is 0. The van der Waals surface area contributed by atoms with E-state index in [2.05, 4.69) is 12.0 Å². The Morgan fingerprint density at radius 2 is 1.92 bits per heavy atom. The maximum absolute atomic E-state index is 13.2. The van der Waals surface area contributed by atoms with Crippen LogP contribution < -0.4 is 15.0 Å². The van der Waals surface area contributed by atoms with Gasteiger partial charge in [0.1, 0.15) is 5.75 Å². The van der Waals surface area contributed by atoms with E-state index < -0.39 is 29.2 Å². The van der Waals surface area contributed by atoms with Crippen molar-refractivity contribution in [3.8, 4) is 11.5 Å². The van der Waals surface area contributed by atoms with Crippen LogP contribution in [-0.2, 0) is 12.7 Å². The van der Waals surface area contributed by atoms with Crippen LogP contribution in [0.4, 0.5) is 13.2 Å². The lowest BCUT2D eigenvalue weighted by atomic mass is 10.2. The predicted molar refractivity (Wildman–Crippen MR) is 81.0 cm³/mol. The Morgan fingerprint density at radius 1 is 1.29 bits per heavy atom. The lowest BCUT2D eigenvalue weighted by Crippen LogP contribution is -2.32. The van der Waals surface area contributed by atoms with Crippen molar-refractivity contribution in [3.63, 3.8) is 0 Å². The minimum atomic E-state index is -4.86. The van der Waals surface area contributed by atoms with E-state index in [0.717, 1.165) is 10.9 Å². The first-order valence-corrected chi connectivity index (χ1v) is 7.02. The molecule has 0 bridgehead atoms. The molecule has 2 aromatic rings. The van der Waals surface area contributed by atoms with E-state index in [1.165, 1.54) is 14.0 Å². The zero-order valence-electron chi connectivity index (χ0n) is 13.1. The number of ether oxygens (including phenoxy) is 2. The fourth-order valence-corrected chi connectivity index (χ4v) is 2.06. The first-order valence-electron chi connectivity index (χ1n) is 7.02. The Morgan fingerprint density at radius 3 is 2.42 bits per heavy atom. The molecule has 5 nitrogen and oxygen atoms in total. The van der Waals surface area contributed by atoms with E-state index in [9.17, 15) is 18.0 Å². The summed E-state index contributed by atoms with van der Waals surface area (Å²) in [7, 11) is 1.50. The van der Waals surface area contributed by atoms with Crippen molar-refractivity contribution in [1.29, 1.82) is 0 Å². The normalized spacial score (nSPS) is 11.6. The molecule has 8 heteroatoms. The summed E-state index contributed by atoms with van der Waals surface area (Å²) in [5, 5.41) is 3.76. The maximum atomic E-state index is 13.2. The zero-order valence-corrected chi connectivity index (χ0v) is 13.1. The van der Waals surface area contributed by atoms with Crippen molar-refractivity contribution in [2.75, 3.05) is 7.11 Å². The van der Waals surface area contributed by atoms with Gasteiger partial charge in [0, 0.05) is 0 Å². The molecule has 0 aliphatic carbocycles. The van der Waals surface area contributed by atoms with Gasteiger partial charge in [-0.2, -0.15) is 18.3 Å². The van der Waals surface area contributed by atoms with Gasteiger partial charge >= 0.3 is 6.18 Å². The Kier molecular flexibility index (Phi) is 5.16. The predicted octanol–water partition coefficient (Wildman–Crippen LogP) is 2.92. The molecule has 1 atom stereocenters. The fourth-order valence-electron chi connectivity index (χ4n) is 2.06. The third-order valence-electron chi connectivity index (χ3n) is 3.11. The molecule has 129 valence electrons. The number of rotatable bonds is 5. The number of alkyl halides is 3. The topological polar surface area (TPSA) is 53.4 Å². The molecule has 0 N–H and O–H groups in total. The molecular formula is C16H16F3N2O3. The van der Waals surface area contributed by atoms with Crippen LogP contribution >= 0.6 is 0 Å². The molecule has 0 fully saturated rings. The molecule has 0 aliphatic heterocycles. The molecule has 0 spiro atoms. The molecule has 0 aliphatic rings. The van der Waals surface area contributed by atoms with Crippen molar-refractivity contribution in [2.45, 2.75) is 25.7 Å². The van der Waals surface area contributed by atoms with Crippen LogP contribution in [0.2, 0.25) is 0 Å². The van der Waals surface area contributed by atoms with Crippen LogP contribution in [-0.4, -0.2) is 23.0 Å². The minimum Gasteiger partial charge on any atom is -0.497 e. The van der Waals surface area contributed by atoms with Crippen LogP contribution in [0.1, 0.15) is 18.1 Å². The molecule has 0 saturated heterocycles. The average Bonchev–Trinajstić information content (AvgIpc) is 2.49. The molecular weight excluding hydrogens is 325 g/mol. The van der Waals surface area contributed by atoms with E-state index in [4.69, 9.17) is 9.47 Å². The van der Waals surface area contributed by atoms with E-state index in [-0.39, 0.29) is 6.54 Å². The van der Waals surface area contributed by atoms with Crippen LogP contribution in [0.25, 0.3) is 0 Å². The summed E-state index contributed by atoms with van der Waals surface area (Å²) in [6.45, 7) is 4.81. The van der Waals surface area contributed by atoms with Crippen LogP contribution in [0, 0.1) is 6.92 Å². The molecule has 0 unspecified atom stereocenters. The summed E-state index contributed by atoms with van der Waals surface area (Å²) in [6.07, 6.45) is -4.73. The fraction of sp³-hybridized carbons (Fsp3) is 0.312. The Bertz CT molecular complexity index is 753. The van der Waals surface area contributed by atoms with E-state index in [1.54, 1.807) is 24.3 Å². The van der Waals surface area contributed by atoms with Crippen molar-refractivity contribution in [2.24, 2.45) is 0 Å². The van der Waals surface area contributed by atoms with Crippen LogP contribution in [0.5, 0.6) is 11.5 Å². The second kappa shape index (κ2) is 6.94. The summed E-state index contributed by atoms with van der Waals surface area (Å²) in [5.74, 6) is -0.0239. The highest BCUT2D eigenvalue weighted by molar-refractivity contribution is 5.32. The molecule has 0 amide bonds. The first kappa shape index (κ1) is 17.8. The molecule has 1 radical (unpaired) electrons. The number of hydrogen-bond acceptors (Lipinski definition) is 4. The number of aromatic nitrogens is 2. The second-order valence-electron chi connectivity index (χ2n) is 5.12. The highest BCUT2D eigenvalue weighted by Gasteiger charge is 2.39. The van der Waals surface area contributed by atoms with Gasteiger partial charge in [0.2, 0.25) is 0 Å². The number of nitrogens with zero attached hydrogens (tertiary/aromatic N) is 2. The van der Waals surface area contributed by atoms with Gasteiger partial charge in [0.15, 0.2) is 11.3 Å². The van der Waals surface area contributed by atoms with Gasteiger partial charge < -0.3 is 9.47 Å². The van der Waals surface area contributed by atoms with Crippen molar-refractivity contribution < 1.29 is 22.6 Å². The highest BCUT2D eigenvalue weighted by Crippen LogP contribution is 2.33. The summed E-state index contributed by atoms with van der Waals surface area (Å²) in [5.41, 5.74) is -2.05. The maximum Gasteiger partial charge on any atom is 0.425 e. The van der Waals surface area contributed by atoms with Gasteiger partial charge in [-0.05, 0) is 31.5 Å². The Labute approximate surface area is 136 Å². The summed E-state index contributed by atoms with van der Waals surface area (Å²) in [6, 6.07) is 6.57. The largest absolute Gasteiger partial charge is 0.497 e. The molecule has 0 saturated carbocycles. The number of benzene rings is 1. The van der Waals surface area contributed by atoms with E-state index >= 15 is 0 Å². The smallest absolute Gasteiger partial charge is 0.425 e. The number of methoxy groups -OCH3 is 1. The van der Waals surface area contributed by atoms with Crippen molar-refractivity contribution in [3.05, 3.63) is 58.9 Å². The summed E-state index contributed by atoms with van der Waals surface area (Å²) < 4.78 is 50.4. The molecule has 2 rings (SSSR count). The van der Waals surface area contributed by atoms with Gasteiger partial charge in [-0.25, -0.2) is 4.68 Å². The Hall–Kier alpha value is -2.51. The standard InChI is InChI=1S/C16H16F3N2O3/c1-10(2)24-13-8-20-21(15(22)14(13)16(17,18)19)9-11-4-6-12(23-3)7-5-11/h4-8,10H,1,9H2,2-3H3/t10-/m0/s1. The second-order valence-corrected chi connectivity index (χ2v) is 5.12. The lowest BCUT2D eigenvalue weighted by molar-refractivity contribution is -0.140. The molecule has 1 heterocycles. The number of hydrogen-bond donors (Lipinski definition) is 0. The minimum absolute atomic E-state index is 0.105. The SMILES string of the molecule is [CH2][C@@H](C)Oc1cnn(Cc2ccc(OC)cc2)c(=O)c1C(F)(F)F. The molecule has 24 heavy (non-hydrogen) atoms. The monoisotopic (exact) mass is 341 g/mol. The van der Waals surface area contributed by atoms with Gasteiger partial charge in [-0.3, -0.25) is 4.79 Å².